The van der Waals surface area contributed by atoms with Crippen molar-refractivity contribution in [2.24, 2.45) is 5.92 Å². The molecule has 1 aliphatic heterocycles. The summed E-state index contributed by atoms with van der Waals surface area (Å²) in [4.78, 5) is 30.1. The second kappa shape index (κ2) is 7.39. The maximum atomic E-state index is 12.3. The fourth-order valence-electron chi connectivity index (χ4n) is 3.61. The normalized spacial score (nSPS) is 16.2. The largest absolute Gasteiger partial charge is 0.511 e. The van der Waals surface area contributed by atoms with Gasteiger partial charge in [-0.3, -0.25) is 9.69 Å². The maximum Gasteiger partial charge on any atom is 0.511 e. The Hall–Kier alpha value is -2.89. The van der Waals surface area contributed by atoms with E-state index >= 15 is 0 Å². The van der Waals surface area contributed by atoms with E-state index in [1.807, 2.05) is 44.2 Å². The molecule has 0 fully saturated rings. The molecule has 0 bridgehead atoms. The summed E-state index contributed by atoms with van der Waals surface area (Å²) in [6, 6.07) is 9.55. The average molecular weight is 368 g/mol. The van der Waals surface area contributed by atoms with Crippen LogP contribution in [0.4, 0.5) is 10.6 Å². The summed E-state index contributed by atoms with van der Waals surface area (Å²) in [5, 5.41) is 9.33. The highest BCUT2D eigenvalue weighted by atomic mass is 16.7. The van der Waals surface area contributed by atoms with E-state index in [1.54, 1.807) is 4.90 Å². The molecular formula is C21H24N2O4. The van der Waals surface area contributed by atoms with Crippen molar-refractivity contribution in [3.63, 3.8) is 0 Å². The molecule has 2 aromatic rings. The Kier molecular flexibility index (Phi) is 5.17. The second-order valence-corrected chi connectivity index (χ2v) is 7.33. The number of carboxylic acid groups (broad SMARTS) is 1. The Bertz CT molecular complexity index is 877. The zero-order chi connectivity index (χ0) is 19.7. The lowest BCUT2D eigenvalue weighted by atomic mass is 9.87. The summed E-state index contributed by atoms with van der Waals surface area (Å²) in [5.41, 5.74) is 2.96. The lowest BCUT2D eigenvalue weighted by molar-refractivity contribution is -0.116. The molecule has 1 N–H and O–H groups in total. The third kappa shape index (κ3) is 3.65. The van der Waals surface area contributed by atoms with Gasteiger partial charge in [0.2, 0.25) is 5.91 Å². The van der Waals surface area contributed by atoms with E-state index in [-0.39, 0.29) is 23.5 Å². The summed E-state index contributed by atoms with van der Waals surface area (Å²) in [6.07, 6.45) is -0.673. The standard InChI is InChI=1S/C21H24N2O4/c1-12(2)18-19(27-21(25)26)17(15-8-6-5-7-9-15)16-10-13(3)11-23(14(4)24)20(16)22-18/h5-9,12-13H,10-11H2,1-4H3,(H,25,26). The number of ether oxygens (including phenoxy) is 1. The summed E-state index contributed by atoms with van der Waals surface area (Å²) in [6.45, 7) is 8.06. The van der Waals surface area contributed by atoms with E-state index in [0.29, 0.717) is 30.0 Å². The number of aromatic nitrogens is 1. The Morgan fingerprint density at radius 1 is 1.26 bits per heavy atom. The van der Waals surface area contributed by atoms with Gasteiger partial charge in [0.15, 0.2) is 5.75 Å². The van der Waals surface area contributed by atoms with Crippen LogP contribution in [0.5, 0.6) is 5.75 Å². The van der Waals surface area contributed by atoms with Crippen molar-refractivity contribution in [1.29, 1.82) is 0 Å². The third-order valence-corrected chi connectivity index (χ3v) is 4.74. The van der Waals surface area contributed by atoms with Gasteiger partial charge in [-0.1, -0.05) is 51.1 Å². The van der Waals surface area contributed by atoms with Crippen LogP contribution >= 0.6 is 0 Å². The fraction of sp³-hybridized carbons (Fsp3) is 0.381. The van der Waals surface area contributed by atoms with Gasteiger partial charge in [0.1, 0.15) is 5.82 Å². The Morgan fingerprint density at radius 3 is 2.48 bits per heavy atom. The molecule has 0 aliphatic carbocycles. The summed E-state index contributed by atoms with van der Waals surface area (Å²) >= 11 is 0. The van der Waals surface area contributed by atoms with E-state index in [9.17, 15) is 14.7 Å². The van der Waals surface area contributed by atoms with Crippen molar-refractivity contribution in [1.82, 2.24) is 4.98 Å². The van der Waals surface area contributed by atoms with E-state index in [4.69, 9.17) is 9.72 Å². The molecule has 2 heterocycles. The van der Waals surface area contributed by atoms with Crippen LogP contribution in [0.15, 0.2) is 30.3 Å². The molecule has 1 amide bonds. The number of anilines is 1. The highest BCUT2D eigenvalue weighted by molar-refractivity contribution is 5.94. The number of carbonyl (C=O) groups is 2. The number of nitrogens with zero attached hydrogens (tertiary/aromatic N) is 2. The smallest absolute Gasteiger partial charge is 0.449 e. The molecule has 27 heavy (non-hydrogen) atoms. The first-order valence-electron chi connectivity index (χ1n) is 9.10. The summed E-state index contributed by atoms with van der Waals surface area (Å²) < 4.78 is 5.24. The maximum absolute atomic E-state index is 12.3. The van der Waals surface area contributed by atoms with Gasteiger partial charge in [0.05, 0.1) is 5.69 Å². The summed E-state index contributed by atoms with van der Waals surface area (Å²) in [5.74, 6) is 0.963. The quantitative estimate of drug-likeness (QED) is 0.808. The number of hydrogen-bond acceptors (Lipinski definition) is 4. The molecule has 1 aromatic heterocycles. The SMILES string of the molecule is CC(=O)N1CC(C)Cc2c1nc(C(C)C)c(OC(=O)O)c2-c1ccccc1. The molecule has 1 unspecified atom stereocenters. The minimum absolute atomic E-state index is 0.0692. The number of benzene rings is 1. The topological polar surface area (TPSA) is 79.7 Å². The molecule has 6 heteroatoms. The number of hydrogen-bond donors (Lipinski definition) is 1. The first kappa shape index (κ1) is 18.9. The Labute approximate surface area is 158 Å². The van der Waals surface area contributed by atoms with Crippen LogP contribution in [-0.4, -0.2) is 28.7 Å². The molecule has 0 saturated carbocycles. The molecule has 1 aromatic carbocycles. The lowest BCUT2D eigenvalue weighted by Crippen LogP contribution is -2.39. The van der Waals surface area contributed by atoms with E-state index in [2.05, 4.69) is 6.92 Å². The molecule has 0 spiro atoms. The van der Waals surface area contributed by atoms with Gasteiger partial charge in [0.25, 0.3) is 0 Å². The van der Waals surface area contributed by atoms with Crippen molar-refractivity contribution < 1.29 is 19.4 Å². The zero-order valence-electron chi connectivity index (χ0n) is 16.0. The van der Waals surface area contributed by atoms with Gasteiger partial charge in [-0.2, -0.15) is 0 Å². The first-order valence-corrected chi connectivity index (χ1v) is 9.10. The number of pyridine rings is 1. The van der Waals surface area contributed by atoms with Crippen molar-refractivity contribution in [2.45, 2.75) is 40.0 Å². The predicted octanol–water partition coefficient (Wildman–Crippen LogP) is 4.47. The van der Waals surface area contributed by atoms with E-state index < -0.39 is 6.16 Å². The van der Waals surface area contributed by atoms with Crippen molar-refractivity contribution in [3.8, 4) is 16.9 Å². The number of carbonyl (C=O) groups excluding carboxylic acids is 1. The van der Waals surface area contributed by atoms with Crippen LogP contribution in [0, 0.1) is 5.92 Å². The summed E-state index contributed by atoms with van der Waals surface area (Å²) in [7, 11) is 0. The molecule has 0 saturated heterocycles. The van der Waals surface area contributed by atoms with Crippen LogP contribution < -0.4 is 9.64 Å². The fourth-order valence-corrected chi connectivity index (χ4v) is 3.61. The number of amides is 1. The van der Waals surface area contributed by atoms with Crippen molar-refractivity contribution >= 4 is 17.9 Å². The molecule has 1 aliphatic rings. The third-order valence-electron chi connectivity index (χ3n) is 4.74. The molecule has 1 atom stereocenters. The first-order chi connectivity index (χ1) is 12.8. The van der Waals surface area contributed by atoms with Gasteiger partial charge < -0.3 is 9.84 Å². The van der Waals surface area contributed by atoms with Gasteiger partial charge in [-0.15, -0.1) is 0 Å². The Morgan fingerprint density at radius 2 is 1.93 bits per heavy atom. The lowest BCUT2D eigenvalue weighted by Gasteiger charge is -2.34. The zero-order valence-corrected chi connectivity index (χ0v) is 16.0. The van der Waals surface area contributed by atoms with Crippen LogP contribution in [-0.2, 0) is 11.2 Å². The highest BCUT2D eigenvalue weighted by Crippen LogP contribution is 2.45. The molecule has 6 nitrogen and oxygen atoms in total. The average Bonchev–Trinajstić information content (AvgIpc) is 2.60. The van der Waals surface area contributed by atoms with Gasteiger partial charge in [-0.05, 0) is 23.8 Å². The number of rotatable bonds is 3. The van der Waals surface area contributed by atoms with Crippen LogP contribution in [0.2, 0.25) is 0 Å². The van der Waals surface area contributed by atoms with E-state index in [1.165, 1.54) is 6.92 Å². The molecule has 0 radical (unpaired) electrons. The Balaban J connectivity index is 2.39. The molecular weight excluding hydrogens is 344 g/mol. The van der Waals surface area contributed by atoms with Gasteiger partial charge in [-0.25, -0.2) is 9.78 Å². The van der Waals surface area contributed by atoms with Crippen molar-refractivity contribution in [2.75, 3.05) is 11.4 Å². The minimum Gasteiger partial charge on any atom is -0.449 e. The predicted molar refractivity (Wildman–Crippen MR) is 103 cm³/mol. The second-order valence-electron chi connectivity index (χ2n) is 7.33. The molecule has 3 rings (SSSR count). The number of fused-ring (bicyclic) bond motifs is 1. The van der Waals surface area contributed by atoms with Crippen LogP contribution in [0.1, 0.15) is 44.9 Å². The van der Waals surface area contributed by atoms with E-state index in [0.717, 1.165) is 11.1 Å². The van der Waals surface area contributed by atoms with Crippen molar-refractivity contribution in [3.05, 3.63) is 41.6 Å². The monoisotopic (exact) mass is 368 g/mol. The van der Waals surface area contributed by atoms with Gasteiger partial charge >= 0.3 is 6.16 Å². The minimum atomic E-state index is -1.37. The molecule has 142 valence electrons. The highest BCUT2D eigenvalue weighted by Gasteiger charge is 2.33. The van der Waals surface area contributed by atoms with Crippen LogP contribution in [0.25, 0.3) is 11.1 Å². The van der Waals surface area contributed by atoms with Crippen LogP contribution in [0.3, 0.4) is 0 Å². The van der Waals surface area contributed by atoms with Gasteiger partial charge in [0, 0.05) is 24.6 Å².